The molecule has 0 aromatic rings. The van der Waals surface area contributed by atoms with Crippen LogP contribution in [-0.4, -0.2) is 34.4 Å². The Morgan fingerprint density at radius 3 is 2.56 bits per heavy atom. The quantitative estimate of drug-likeness (QED) is 0.692. The highest BCUT2D eigenvalue weighted by Crippen LogP contribution is 2.38. The van der Waals surface area contributed by atoms with Crippen LogP contribution in [0.5, 0.6) is 0 Å². The van der Waals surface area contributed by atoms with E-state index in [0.29, 0.717) is 0 Å². The summed E-state index contributed by atoms with van der Waals surface area (Å²) >= 11 is 0. The summed E-state index contributed by atoms with van der Waals surface area (Å²) in [6.07, 6.45) is -1.12. The van der Waals surface area contributed by atoms with Gasteiger partial charge in [0.1, 0.15) is 6.07 Å². The monoisotopic (exact) mass is 228 g/mol. The molecule has 2 unspecified atom stereocenters. The number of halogens is 1. The van der Waals surface area contributed by atoms with Crippen LogP contribution in [0.2, 0.25) is 0 Å². The molecule has 16 heavy (non-hydrogen) atoms. The van der Waals surface area contributed by atoms with E-state index in [0.717, 1.165) is 0 Å². The maximum absolute atomic E-state index is 13.9. The first-order chi connectivity index (χ1) is 7.19. The van der Waals surface area contributed by atoms with E-state index in [1.165, 1.54) is 4.90 Å². The van der Waals surface area contributed by atoms with Crippen molar-refractivity contribution in [3.63, 3.8) is 0 Å². The number of hydrogen-bond donors (Lipinski definition) is 1. The third-order valence-corrected chi connectivity index (χ3v) is 3.09. The molecular weight excluding hydrogens is 211 g/mol. The minimum absolute atomic E-state index is 0.0393. The lowest BCUT2D eigenvalue weighted by Gasteiger charge is -2.44. The highest BCUT2D eigenvalue weighted by molar-refractivity contribution is 5.65. The topological polar surface area (TPSA) is 64.3 Å². The van der Waals surface area contributed by atoms with Gasteiger partial charge in [0.05, 0.1) is 0 Å². The second kappa shape index (κ2) is 3.93. The van der Waals surface area contributed by atoms with Crippen molar-refractivity contribution < 1.29 is 14.3 Å². The Labute approximate surface area is 94.7 Å². The van der Waals surface area contributed by atoms with Crippen LogP contribution in [0.25, 0.3) is 0 Å². The van der Waals surface area contributed by atoms with E-state index in [1.54, 1.807) is 6.07 Å². The Morgan fingerprint density at radius 1 is 1.62 bits per heavy atom. The second-order valence-electron chi connectivity index (χ2n) is 5.39. The second-order valence-corrected chi connectivity index (χ2v) is 5.39. The van der Waals surface area contributed by atoms with Crippen LogP contribution < -0.4 is 0 Å². The average molecular weight is 228 g/mol. The fraction of sp³-hybridized carbons (Fsp3) is 0.818. The number of carboxylic acid groups (broad SMARTS) is 1. The van der Waals surface area contributed by atoms with E-state index in [-0.39, 0.29) is 24.8 Å². The van der Waals surface area contributed by atoms with Gasteiger partial charge >= 0.3 is 6.09 Å². The molecule has 0 saturated carbocycles. The first kappa shape index (κ1) is 12.8. The molecule has 2 atom stereocenters. The molecule has 1 amide bonds. The molecule has 1 saturated heterocycles. The van der Waals surface area contributed by atoms with Crippen molar-refractivity contribution in [1.29, 1.82) is 5.26 Å². The predicted octanol–water partition coefficient (Wildman–Crippen LogP) is 2.41. The van der Waals surface area contributed by atoms with Crippen molar-refractivity contribution in [2.24, 2.45) is 5.41 Å². The Bertz CT molecular complexity index is 332. The zero-order chi connectivity index (χ0) is 12.6. The summed E-state index contributed by atoms with van der Waals surface area (Å²) in [7, 11) is 0. The summed E-state index contributed by atoms with van der Waals surface area (Å²) in [5.41, 5.74) is -2.25. The summed E-state index contributed by atoms with van der Waals surface area (Å²) in [5, 5.41) is 17.8. The van der Waals surface area contributed by atoms with Crippen LogP contribution in [0.1, 0.15) is 33.6 Å². The van der Waals surface area contributed by atoms with Gasteiger partial charge in [-0.05, 0) is 5.41 Å². The fourth-order valence-electron chi connectivity index (χ4n) is 2.08. The van der Waals surface area contributed by atoms with Crippen molar-refractivity contribution in [3.8, 4) is 6.07 Å². The van der Waals surface area contributed by atoms with Crippen LogP contribution in [0.15, 0.2) is 0 Å². The van der Waals surface area contributed by atoms with Crippen molar-refractivity contribution >= 4 is 6.09 Å². The lowest BCUT2D eigenvalue weighted by atomic mass is 9.76. The van der Waals surface area contributed by atoms with E-state index >= 15 is 0 Å². The highest BCUT2D eigenvalue weighted by atomic mass is 19.1. The molecule has 0 spiro atoms. The molecule has 1 rings (SSSR count). The van der Waals surface area contributed by atoms with E-state index in [9.17, 15) is 9.18 Å². The van der Waals surface area contributed by atoms with Gasteiger partial charge in [-0.3, -0.25) is 0 Å². The van der Waals surface area contributed by atoms with Crippen molar-refractivity contribution in [1.82, 2.24) is 4.90 Å². The Hall–Kier alpha value is -1.31. The molecule has 4 nitrogen and oxygen atoms in total. The SMILES string of the molecule is CC(C)(C)C1CC(F)(C#N)CCN1C(=O)O. The molecule has 1 heterocycles. The number of nitrogens with zero attached hydrogens (tertiary/aromatic N) is 2. The van der Waals surface area contributed by atoms with Crippen LogP contribution in [0.4, 0.5) is 9.18 Å². The number of likely N-dealkylation sites (tertiary alicyclic amines) is 1. The Balaban J connectivity index is 2.96. The summed E-state index contributed by atoms with van der Waals surface area (Å²) in [4.78, 5) is 12.3. The largest absolute Gasteiger partial charge is 0.465 e. The van der Waals surface area contributed by atoms with E-state index in [4.69, 9.17) is 10.4 Å². The van der Waals surface area contributed by atoms with Crippen LogP contribution in [0.3, 0.4) is 0 Å². The average Bonchev–Trinajstić information content (AvgIpc) is 2.16. The van der Waals surface area contributed by atoms with Gasteiger partial charge in [-0.2, -0.15) is 5.26 Å². The summed E-state index contributed by atoms with van der Waals surface area (Å²) in [6.45, 7) is 5.66. The predicted molar refractivity (Wildman–Crippen MR) is 56.7 cm³/mol. The van der Waals surface area contributed by atoms with Crippen molar-refractivity contribution in [3.05, 3.63) is 0 Å². The van der Waals surface area contributed by atoms with Crippen LogP contribution in [-0.2, 0) is 0 Å². The zero-order valence-electron chi connectivity index (χ0n) is 9.83. The number of rotatable bonds is 0. The zero-order valence-corrected chi connectivity index (χ0v) is 9.83. The van der Waals surface area contributed by atoms with Gasteiger partial charge in [0.2, 0.25) is 0 Å². The van der Waals surface area contributed by atoms with E-state index in [2.05, 4.69) is 0 Å². The lowest BCUT2D eigenvalue weighted by Crippen LogP contribution is -2.55. The summed E-state index contributed by atoms with van der Waals surface area (Å²) in [5.74, 6) is 0. The summed E-state index contributed by atoms with van der Waals surface area (Å²) < 4.78 is 13.9. The highest BCUT2D eigenvalue weighted by Gasteiger charge is 2.46. The van der Waals surface area contributed by atoms with Gasteiger partial charge in [0.25, 0.3) is 0 Å². The van der Waals surface area contributed by atoms with Crippen molar-refractivity contribution in [2.45, 2.75) is 45.3 Å². The van der Waals surface area contributed by atoms with E-state index < -0.39 is 17.8 Å². The first-order valence-corrected chi connectivity index (χ1v) is 5.29. The smallest absolute Gasteiger partial charge is 0.407 e. The molecule has 0 aromatic carbocycles. The minimum Gasteiger partial charge on any atom is -0.465 e. The normalized spacial score (nSPS) is 30.9. The number of nitriles is 1. The number of alkyl halides is 1. The number of carbonyl (C=O) groups is 1. The van der Waals surface area contributed by atoms with Gasteiger partial charge in [-0.1, -0.05) is 20.8 Å². The molecule has 0 radical (unpaired) electrons. The number of piperidine rings is 1. The summed E-state index contributed by atoms with van der Waals surface area (Å²) in [6, 6.07) is 1.20. The van der Waals surface area contributed by atoms with Gasteiger partial charge in [-0.15, -0.1) is 0 Å². The minimum atomic E-state index is -1.89. The maximum Gasteiger partial charge on any atom is 0.407 e. The number of amides is 1. The first-order valence-electron chi connectivity index (χ1n) is 5.29. The van der Waals surface area contributed by atoms with E-state index in [1.807, 2.05) is 20.8 Å². The van der Waals surface area contributed by atoms with Gasteiger partial charge in [-0.25, -0.2) is 9.18 Å². The molecule has 1 aliphatic heterocycles. The van der Waals surface area contributed by atoms with Crippen LogP contribution >= 0.6 is 0 Å². The third-order valence-electron chi connectivity index (χ3n) is 3.09. The number of hydrogen-bond acceptors (Lipinski definition) is 2. The van der Waals surface area contributed by atoms with Gasteiger partial charge in [0.15, 0.2) is 5.67 Å². The maximum atomic E-state index is 13.9. The fourth-order valence-corrected chi connectivity index (χ4v) is 2.08. The molecular formula is C11H17FN2O2. The molecule has 0 aliphatic carbocycles. The molecule has 1 N–H and O–H groups in total. The molecule has 1 fully saturated rings. The van der Waals surface area contributed by atoms with Crippen LogP contribution in [0, 0.1) is 16.7 Å². The van der Waals surface area contributed by atoms with Crippen molar-refractivity contribution in [2.75, 3.05) is 6.54 Å². The molecule has 0 aromatic heterocycles. The van der Waals surface area contributed by atoms with Gasteiger partial charge < -0.3 is 10.0 Å². The molecule has 90 valence electrons. The lowest BCUT2D eigenvalue weighted by molar-refractivity contribution is 0.00869. The standard InChI is InChI=1S/C11H17FN2O2/c1-10(2,3)8-6-11(12,7-13)4-5-14(8)9(15)16/h8H,4-6H2,1-3H3,(H,15,16). The Morgan fingerprint density at radius 2 is 2.19 bits per heavy atom. The van der Waals surface area contributed by atoms with Gasteiger partial charge in [0, 0.05) is 25.4 Å². The Kier molecular flexibility index (Phi) is 3.13. The molecule has 1 aliphatic rings. The third kappa shape index (κ3) is 2.43. The molecule has 0 bridgehead atoms. The molecule has 5 heteroatoms.